The van der Waals surface area contributed by atoms with Crippen molar-refractivity contribution in [1.29, 1.82) is 0 Å². The number of rotatable bonds is 8. The van der Waals surface area contributed by atoms with Gasteiger partial charge in [-0.15, -0.1) is 0 Å². The molecule has 10 nitrogen and oxygen atoms in total. The van der Waals surface area contributed by atoms with E-state index in [1.54, 1.807) is 20.8 Å². The van der Waals surface area contributed by atoms with Crippen molar-refractivity contribution >= 4 is 31.9 Å². The first kappa shape index (κ1) is 28.4. The van der Waals surface area contributed by atoms with Crippen LogP contribution < -0.4 is 9.80 Å². The normalized spacial score (nSPS) is 16.5. The number of anilines is 2. The Morgan fingerprint density at radius 2 is 1.97 bits per heavy atom. The third-order valence-electron chi connectivity index (χ3n) is 5.95. The average molecular weight is 510 g/mol. The molecule has 194 valence electrons. The molecule has 2 rings (SSSR count). The number of benzene rings is 1. The molecule has 1 fully saturated rings. The summed E-state index contributed by atoms with van der Waals surface area (Å²) in [7, 11) is -2.08. The second-order valence-electron chi connectivity index (χ2n) is 10.9. The van der Waals surface area contributed by atoms with Crippen LogP contribution in [0.3, 0.4) is 0 Å². The average Bonchev–Trinajstić information content (AvgIpc) is 3.08. The third kappa shape index (κ3) is 7.58. The summed E-state index contributed by atoms with van der Waals surface area (Å²) < 4.78 is 32.2. The summed E-state index contributed by atoms with van der Waals surface area (Å²) in [5.41, 5.74) is 7.97. The molecule has 1 aliphatic heterocycles. The van der Waals surface area contributed by atoms with Gasteiger partial charge in [-0.1, -0.05) is 25.9 Å². The van der Waals surface area contributed by atoms with Crippen LogP contribution >= 0.6 is 0 Å². The molecule has 0 aliphatic carbocycles. The van der Waals surface area contributed by atoms with Gasteiger partial charge in [-0.3, -0.25) is 9.80 Å². The van der Waals surface area contributed by atoms with E-state index in [1.807, 2.05) is 0 Å². The predicted molar refractivity (Wildman–Crippen MR) is 135 cm³/mol. The molecule has 1 heterocycles. The molecule has 2 amide bonds. The molecular formula is C23H36FN5O5Si. The Bertz CT molecular complexity index is 985. The lowest BCUT2D eigenvalue weighted by molar-refractivity contribution is 0.0573. The zero-order valence-corrected chi connectivity index (χ0v) is 22.8. The highest BCUT2D eigenvalue weighted by Gasteiger charge is 2.38. The number of amides is 2. The van der Waals surface area contributed by atoms with Crippen molar-refractivity contribution in [2.24, 2.45) is 5.11 Å². The molecular weight excluding hydrogens is 473 g/mol. The first-order valence-corrected chi connectivity index (χ1v) is 14.4. The molecule has 1 aliphatic rings. The van der Waals surface area contributed by atoms with Crippen molar-refractivity contribution in [2.75, 3.05) is 36.0 Å². The highest BCUT2D eigenvalue weighted by atomic mass is 28.4. The number of hydrogen-bond donors (Lipinski definition) is 0. The van der Waals surface area contributed by atoms with E-state index in [4.69, 9.17) is 19.4 Å². The number of azide groups is 1. The van der Waals surface area contributed by atoms with Gasteiger partial charge < -0.3 is 13.9 Å². The highest BCUT2D eigenvalue weighted by molar-refractivity contribution is 6.74. The summed E-state index contributed by atoms with van der Waals surface area (Å²) in [5.74, 6) is -0.702. The van der Waals surface area contributed by atoms with E-state index in [9.17, 15) is 9.59 Å². The number of carbonyl (C=O) groups is 2. The van der Waals surface area contributed by atoms with Crippen LogP contribution in [0.4, 0.5) is 25.4 Å². The summed E-state index contributed by atoms with van der Waals surface area (Å²) in [6.07, 6.45) is -1.98. The lowest BCUT2D eigenvalue weighted by Gasteiger charge is -2.37. The predicted octanol–water partition coefficient (Wildman–Crippen LogP) is 6.22. The topological polar surface area (TPSA) is 117 Å². The van der Waals surface area contributed by atoms with Crippen LogP contribution in [0.25, 0.3) is 10.4 Å². The van der Waals surface area contributed by atoms with Crippen molar-refractivity contribution in [3.8, 4) is 0 Å². The van der Waals surface area contributed by atoms with E-state index >= 15 is 4.39 Å². The summed E-state index contributed by atoms with van der Waals surface area (Å²) in [5, 5.41) is 3.40. The molecule has 0 spiro atoms. The van der Waals surface area contributed by atoms with Crippen LogP contribution in [-0.4, -0.2) is 58.5 Å². The highest BCUT2D eigenvalue weighted by Crippen LogP contribution is 2.36. The Kier molecular flexibility index (Phi) is 8.80. The second kappa shape index (κ2) is 10.8. The maximum Gasteiger partial charge on any atom is 0.414 e. The summed E-state index contributed by atoms with van der Waals surface area (Å²) >= 11 is 0. The van der Waals surface area contributed by atoms with E-state index in [2.05, 4.69) is 43.9 Å². The number of hydrogen-bond acceptors (Lipinski definition) is 6. The molecule has 1 saturated heterocycles. The number of cyclic esters (lactones) is 1. The van der Waals surface area contributed by atoms with Gasteiger partial charge in [-0.2, -0.15) is 0 Å². The summed E-state index contributed by atoms with van der Waals surface area (Å²) in [6, 6.07) is 4.12. The number of ether oxygens (including phenoxy) is 2. The van der Waals surface area contributed by atoms with E-state index in [0.717, 1.165) is 0 Å². The van der Waals surface area contributed by atoms with Crippen LogP contribution in [0.5, 0.6) is 0 Å². The minimum Gasteiger partial charge on any atom is -0.444 e. The van der Waals surface area contributed by atoms with Gasteiger partial charge in [0.1, 0.15) is 17.5 Å². The van der Waals surface area contributed by atoms with Crippen molar-refractivity contribution in [3.63, 3.8) is 0 Å². The van der Waals surface area contributed by atoms with Crippen molar-refractivity contribution in [2.45, 2.75) is 71.4 Å². The molecule has 1 aromatic rings. The fourth-order valence-electron chi connectivity index (χ4n) is 3.07. The first-order chi connectivity index (χ1) is 16.1. The van der Waals surface area contributed by atoms with Crippen molar-refractivity contribution in [1.82, 2.24) is 0 Å². The maximum absolute atomic E-state index is 15.3. The molecule has 0 aromatic heterocycles. The van der Waals surface area contributed by atoms with E-state index in [0.29, 0.717) is 0 Å². The smallest absolute Gasteiger partial charge is 0.414 e. The minimum atomic E-state index is -2.08. The van der Waals surface area contributed by atoms with Crippen molar-refractivity contribution in [3.05, 3.63) is 34.5 Å². The van der Waals surface area contributed by atoms with Crippen LogP contribution in [0, 0.1) is 5.82 Å². The van der Waals surface area contributed by atoms with E-state index in [1.165, 1.54) is 28.0 Å². The quantitative estimate of drug-likeness (QED) is 0.178. The molecule has 0 radical (unpaired) electrons. The molecule has 1 aromatic carbocycles. The lowest BCUT2D eigenvalue weighted by Crippen LogP contribution is -2.44. The fraction of sp³-hybridized carbons (Fsp3) is 0.652. The summed E-state index contributed by atoms with van der Waals surface area (Å²) in [6.45, 7) is 16.2. The van der Waals surface area contributed by atoms with Gasteiger partial charge in [0.05, 0.1) is 37.6 Å². The molecule has 1 atom stereocenters. The maximum atomic E-state index is 15.3. The van der Waals surface area contributed by atoms with Gasteiger partial charge in [-0.25, -0.2) is 14.0 Å². The Balaban J connectivity index is 2.26. The molecule has 0 N–H and O–H groups in total. The minimum absolute atomic E-state index is 0.0139. The molecule has 12 heteroatoms. The number of nitrogens with zero attached hydrogens (tertiary/aromatic N) is 5. The Morgan fingerprint density at radius 1 is 1.31 bits per heavy atom. The molecule has 0 saturated carbocycles. The molecule has 0 unspecified atom stereocenters. The van der Waals surface area contributed by atoms with Gasteiger partial charge in [0.25, 0.3) is 0 Å². The van der Waals surface area contributed by atoms with Gasteiger partial charge in [-0.05, 0) is 62.6 Å². The van der Waals surface area contributed by atoms with Gasteiger partial charge in [0.2, 0.25) is 0 Å². The lowest BCUT2D eigenvalue weighted by atomic mass is 10.2. The SMILES string of the molecule is CC(C)(C)OC(=O)N(CCO[Si](C)(C)C(C)(C)C)c1ccc(N2C[C@H](CN=[N+]=[N-])OC2=O)cc1F. The van der Waals surface area contributed by atoms with Crippen LogP contribution in [0.2, 0.25) is 18.1 Å². The standard InChI is InChI=1S/C23H36FN5O5Si/c1-22(2,3)34-21(31)28(11-12-32-35(7,8)23(4,5)6)19-10-9-16(13-18(19)24)29-15-17(14-26-27-25)33-20(29)30/h9-10,13,17H,11-12,14-15H2,1-8H3/t17-/m0/s1. The third-order valence-corrected chi connectivity index (χ3v) is 10.5. The van der Waals surface area contributed by atoms with Gasteiger partial charge in [0, 0.05) is 4.91 Å². The number of halogens is 1. The number of carbonyl (C=O) groups excluding carboxylic acids is 2. The van der Waals surface area contributed by atoms with E-state index in [-0.39, 0.29) is 42.7 Å². The zero-order valence-electron chi connectivity index (χ0n) is 21.8. The van der Waals surface area contributed by atoms with Crippen molar-refractivity contribution < 1.29 is 27.9 Å². The summed E-state index contributed by atoms with van der Waals surface area (Å²) in [4.78, 5) is 30.3. The Hall–Kier alpha value is -2.82. The van der Waals surface area contributed by atoms with Crippen LogP contribution in [0.15, 0.2) is 23.3 Å². The van der Waals surface area contributed by atoms with Gasteiger partial charge >= 0.3 is 12.2 Å². The Labute approximate surface area is 207 Å². The monoisotopic (exact) mass is 509 g/mol. The molecule has 0 bridgehead atoms. The fourth-order valence-corrected chi connectivity index (χ4v) is 4.11. The molecule has 35 heavy (non-hydrogen) atoms. The second-order valence-corrected chi connectivity index (χ2v) is 15.7. The van der Waals surface area contributed by atoms with Crippen LogP contribution in [0.1, 0.15) is 41.5 Å². The largest absolute Gasteiger partial charge is 0.444 e. The van der Waals surface area contributed by atoms with E-state index < -0.39 is 38.0 Å². The van der Waals surface area contributed by atoms with Gasteiger partial charge in [0.15, 0.2) is 8.32 Å². The first-order valence-electron chi connectivity index (χ1n) is 11.5. The Morgan fingerprint density at radius 3 is 2.51 bits per heavy atom. The zero-order chi connectivity index (χ0) is 26.6. The van der Waals surface area contributed by atoms with Crippen LogP contribution in [-0.2, 0) is 13.9 Å².